The highest BCUT2D eigenvalue weighted by atomic mass is 31.2. The van der Waals surface area contributed by atoms with E-state index in [4.69, 9.17) is 18.5 Å². The van der Waals surface area contributed by atoms with Gasteiger partial charge in [0.15, 0.2) is 6.10 Å². The first-order valence-corrected chi connectivity index (χ1v) is 25.5. The van der Waals surface area contributed by atoms with Crippen LogP contribution in [0.2, 0.25) is 0 Å². The van der Waals surface area contributed by atoms with E-state index < -0.39 is 26.5 Å². The van der Waals surface area contributed by atoms with Crippen LogP contribution in [0.1, 0.15) is 245 Å². The molecule has 9 nitrogen and oxygen atoms in total. The Kier molecular flexibility index (Phi) is 42.8. The van der Waals surface area contributed by atoms with E-state index in [0.717, 1.165) is 38.5 Å². The van der Waals surface area contributed by atoms with Crippen LogP contribution < -0.4 is 5.32 Å². The SMILES string of the molecule is CCCCCCCCCCCCCCCCCCCCCC(=O)OC(COC(=O)CCCCCCCCCCCCCCCCC)COP(=O)(O)OCCNC. The molecule has 0 spiro atoms. The number of unbranched alkanes of at least 4 members (excludes halogenated alkanes) is 32. The maximum absolute atomic E-state index is 12.7. The van der Waals surface area contributed by atoms with Crippen LogP contribution in [-0.4, -0.2) is 56.3 Å². The van der Waals surface area contributed by atoms with Gasteiger partial charge in [0.2, 0.25) is 0 Å². The second kappa shape index (κ2) is 43.6. The van der Waals surface area contributed by atoms with Crippen molar-refractivity contribution in [2.24, 2.45) is 0 Å². The molecule has 0 radical (unpaired) electrons. The lowest BCUT2D eigenvalue weighted by Crippen LogP contribution is -2.29. The van der Waals surface area contributed by atoms with Crippen molar-refractivity contribution in [3.63, 3.8) is 0 Å². The monoisotopic (exact) mass is 818 g/mol. The first-order valence-electron chi connectivity index (χ1n) is 24.0. The minimum atomic E-state index is -4.34. The minimum Gasteiger partial charge on any atom is -0.462 e. The van der Waals surface area contributed by atoms with Crippen molar-refractivity contribution in [3.8, 4) is 0 Å². The number of nitrogens with one attached hydrogen (secondary N) is 1. The van der Waals surface area contributed by atoms with Gasteiger partial charge in [-0.1, -0.05) is 219 Å². The number of phosphoric acid groups is 1. The first-order chi connectivity index (χ1) is 27.3. The zero-order chi connectivity index (χ0) is 41.1. The number of phosphoric ester groups is 1. The van der Waals surface area contributed by atoms with Gasteiger partial charge in [0.1, 0.15) is 6.61 Å². The summed E-state index contributed by atoms with van der Waals surface area (Å²) in [6, 6.07) is 0. The third-order valence-corrected chi connectivity index (χ3v) is 11.7. The van der Waals surface area contributed by atoms with Gasteiger partial charge in [-0.3, -0.25) is 18.6 Å². The van der Waals surface area contributed by atoms with Gasteiger partial charge in [-0.25, -0.2) is 4.57 Å². The summed E-state index contributed by atoms with van der Waals surface area (Å²) in [5.41, 5.74) is 0. The number of rotatable bonds is 46. The molecule has 56 heavy (non-hydrogen) atoms. The summed E-state index contributed by atoms with van der Waals surface area (Å²) >= 11 is 0. The fourth-order valence-corrected chi connectivity index (χ4v) is 7.84. The molecule has 2 atom stereocenters. The number of likely N-dealkylation sites (N-methyl/N-ethyl adjacent to an activating group) is 1. The van der Waals surface area contributed by atoms with Crippen molar-refractivity contribution in [1.29, 1.82) is 0 Å². The molecule has 10 heteroatoms. The summed E-state index contributed by atoms with van der Waals surface area (Å²) in [4.78, 5) is 35.1. The average Bonchev–Trinajstić information content (AvgIpc) is 3.18. The van der Waals surface area contributed by atoms with Crippen LogP contribution in [0.15, 0.2) is 0 Å². The van der Waals surface area contributed by atoms with Crippen LogP contribution in [0.25, 0.3) is 0 Å². The predicted octanol–water partition coefficient (Wildman–Crippen LogP) is 13.9. The molecular weight excluding hydrogens is 725 g/mol. The summed E-state index contributed by atoms with van der Waals surface area (Å²) in [6.45, 7) is 4.28. The van der Waals surface area contributed by atoms with Crippen LogP contribution in [0, 0.1) is 0 Å². The Labute approximate surface area is 346 Å². The maximum atomic E-state index is 12.7. The second-order valence-corrected chi connectivity index (χ2v) is 17.8. The highest BCUT2D eigenvalue weighted by Crippen LogP contribution is 2.43. The van der Waals surface area contributed by atoms with E-state index in [1.54, 1.807) is 7.05 Å². The Morgan fingerprint density at radius 2 is 0.804 bits per heavy atom. The maximum Gasteiger partial charge on any atom is 0.472 e. The first kappa shape index (κ1) is 55.0. The van der Waals surface area contributed by atoms with E-state index in [0.29, 0.717) is 13.0 Å². The number of hydrogen-bond acceptors (Lipinski definition) is 8. The van der Waals surface area contributed by atoms with Gasteiger partial charge in [-0.05, 0) is 19.9 Å². The highest BCUT2D eigenvalue weighted by Gasteiger charge is 2.26. The van der Waals surface area contributed by atoms with Gasteiger partial charge < -0.3 is 19.7 Å². The zero-order valence-electron chi connectivity index (χ0n) is 37.1. The Hall–Kier alpha value is -0.990. The molecule has 0 aromatic carbocycles. The molecule has 2 unspecified atom stereocenters. The van der Waals surface area contributed by atoms with Crippen LogP contribution in [0.3, 0.4) is 0 Å². The summed E-state index contributed by atoms with van der Waals surface area (Å²) in [5, 5.41) is 2.83. The van der Waals surface area contributed by atoms with Crippen LogP contribution in [0.5, 0.6) is 0 Å². The molecule has 0 heterocycles. The van der Waals surface area contributed by atoms with Gasteiger partial charge in [-0.2, -0.15) is 0 Å². The predicted molar refractivity (Wildman–Crippen MR) is 234 cm³/mol. The molecule has 0 aliphatic carbocycles. The number of esters is 2. The molecular formula is C46H92NO8P. The molecule has 334 valence electrons. The molecule has 0 amide bonds. The molecule has 0 bridgehead atoms. The van der Waals surface area contributed by atoms with Gasteiger partial charge in [0, 0.05) is 19.4 Å². The standard InChI is InChI=1S/C46H92NO8P/c1-4-6-8-10-12-14-16-18-20-21-22-23-25-27-29-31-33-35-37-39-46(49)55-44(43-54-56(50,51)53-41-40-47-3)42-52-45(48)38-36-34-32-30-28-26-24-19-17-15-13-11-9-7-5-2/h44,47H,4-43H2,1-3H3,(H,50,51). The van der Waals surface area contributed by atoms with E-state index in [9.17, 15) is 19.0 Å². The largest absolute Gasteiger partial charge is 0.472 e. The Balaban J connectivity index is 4.10. The van der Waals surface area contributed by atoms with E-state index in [2.05, 4.69) is 19.2 Å². The summed E-state index contributed by atoms with van der Waals surface area (Å²) < 4.78 is 33.3. The van der Waals surface area contributed by atoms with Gasteiger partial charge >= 0.3 is 19.8 Å². The Morgan fingerprint density at radius 1 is 0.482 bits per heavy atom. The molecule has 0 aromatic rings. The number of carbonyl (C=O) groups is 2. The lowest BCUT2D eigenvalue weighted by Gasteiger charge is -2.20. The quantitative estimate of drug-likeness (QED) is 0.0351. The topological polar surface area (TPSA) is 120 Å². The van der Waals surface area contributed by atoms with Crippen molar-refractivity contribution >= 4 is 19.8 Å². The van der Waals surface area contributed by atoms with Gasteiger partial charge in [-0.15, -0.1) is 0 Å². The van der Waals surface area contributed by atoms with Crippen molar-refractivity contribution in [3.05, 3.63) is 0 Å². The lowest BCUT2D eigenvalue weighted by atomic mass is 10.0. The van der Waals surface area contributed by atoms with E-state index in [1.165, 1.54) is 180 Å². The zero-order valence-corrected chi connectivity index (χ0v) is 38.0. The molecule has 2 N–H and O–H groups in total. The van der Waals surface area contributed by atoms with E-state index >= 15 is 0 Å². The van der Waals surface area contributed by atoms with Crippen LogP contribution >= 0.6 is 7.82 Å². The van der Waals surface area contributed by atoms with Crippen LogP contribution in [0.4, 0.5) is 0 Å². The summed E-state index contributed by atoms with van der Waals surface area (Å²) in [5.74, 6) is -0.787. The van der Waals surface area contributed by atoms with Gasteiger partial charge in [0.05, 0.1) is 13.2 Å². The van der Waals surface area contributed by atoms with Crippen molar-refractivity contribution in [1.82, 2.24) is 5.32 Å². The smallest absolute Gasteiger partial charge is 0.462 e. The molecule has 0 saturated carbocycles. The normalized spacial score (nSPS) is 13.1. The Bertz CT molecular complexity index is 891. The summed E-state index contributed by atoms with van der Waals surface area (Å²) in [6.07, 6.45) is 42.9. The molecule has 0 rings (SSSR count). The second-order valence-electron chi connectivity index (χ2n) is 16.3. The Morgan fingerprint density at radius 3 is 1.14 bits per heavy atom. The molecule has 0 aliphatic rings. The number of carbonyl (C=O) groups excluding carboxylic acids is 2. The summed E-state index contributed by atoms with van der Waals surface area (Å²) in [7, 11) is -2.64. The fraction of sp³-hybridized carbons (Fsp3) is 0.957. The third-order valence-electron chi connectivity index (χ3n) is 10.7. The van der Waals surface area contributed by atoms with Crippen LogP contribution in [-0.2, 0) is 32.7 Å². The lowest BCUT2D eigenvalue weighted by molar-refractivity contribution is -0.161. The van der Waals surface area contributed by atoms with E-state index in [1.807, 2.05) is 0 Å². The minimum absolute atomic E-state index is 0.0115. The fourth-order valence-electron chi connectivity index (χ4n) is 7.09. The molecule has 0 fully saturated rings. The number of hydrogen-bond donors (Lipinski definition) is 2. The highest BCUT2D eigenvalue weighted by molar-refractivity contribution is 7.47. The van der Waals surface area contributed by atoms with Crippen molar-refractivity contribution in [2.45, 2.75) is 251 Å². The van der Waals surface area contributed by atoms with Crippen molar-refractivity contribution in [2.75, 3.05) is 33.4 Å². The molecule has 0 aliphatic heterocycles. The molecule has 0 saturated heterocycles. The third kappa shape index (κ3) is 42.6. The molecule has 0 aromatic heterocycles. The average molecular weight is 818 g/mol. The van der Waals surface area contributed by atoms with Crippen molar-refractivity contribution < 1.29 is 37.6 Å². The van der Waals surface area contributed by atoms with E-state index in [-0.39, 0.29) is 25.6 Å². The van der Waals surface area contributed by atoms with Gasteiger partial charge in [0.25, 0.3) is 0 Å². The number of ether oxygens (including phenoxy) is 2.